The lowest BCUT2D eigenvalue weighted by atomic mass is 9.77. The zero-order chi connectivity index (χ0) is 14.6. The van der Waals surface area contributed by atoms with Crippen molar-refractivity contribution < 1.29 is 14.7 Å². The van der Waals surface area contributed by atoms with Crippen LogP contribution in [0.25, 0.3) is 0 Å². The molecule has 1 saturated carbocycles. The van der Waals surface area contributed by atoms with Crippen molar-refractivity contribution in [3.8, 4) is 0 Å². The molecule has 1 saturated heterocycles. The number of nitrogens with zero attached hydrogens (tertiary/aromatic N) is 1. The maximum absolute atomic E-state index is 12.6. The molecule has 0 atom stereocenters. The van der Waals surface area contributed by atoms with Crippen molar-refractivity contribution in [1.82, 2.24) is 5.32 Å². The zero-order valence-corrected chi connectivity index (χ0v) is 12.1. The van der Waals surface area contributed by atoms with Gasteiger partial charge in [-0.05, 0) is 44.4 Å². The predicted molar refractivity (Wildman–Crippen MR) is 75.5 cm³/mol. The molecule has 1 amide bonds. The van der Waals surface area contributed by atoms with Gasteiger partial charge in [0.05, 0.1) is 0 Å². The minimum atomic E-state index is -0.907. The molecule has 0 spiro atoms. The van der Waals surface area contributed by atoms with Crippen LogP contribution in [0, 0.1) is 11.3 Å². The SMILES string of the molecule is CC1CCC(NC(=O)C2(C(N)=NO)CCOCC2)CC1. The van der Waals surface area contributed by atoms with Gasteiger partial charge in [-0.2, -0.15) is 0 Å². The van der Waals surface area contributed by atoms with Crippen molar-refractivity contribution in [2.75, 3.05) is 13.2 Å². The van der Waals surface area contributed by atoms with Crippen molar-refractivity contribution in [3.05, 3.63) is 0 Å². The average Bonchev–Trinajstić information content (AvgIpc) is 2.49. The number of hydrogen-bond donors (Lipinski definition) is 3. The number of ether oxygens (including phenoxy) is 1. The molecule has 114 valence electrons. The van der Waals surface area contributed by atoms with Crippen molar-refractivity contribution in [2.45, 2.75) is 51.5 Å². The van der Waals surface area contributed by atoms with Gasteiger partial charge in [0.15, 0.2) is 5.84 Å². The van der Waals surface area contributed by atoms with E-state index in [-0.39, 0.29) is 17.8 Å². The normalized spacial score (nSPS) is 30.8. The smallest absolute Gasteiger partial charge is 0.234 e. The summed E-state index contributed by atoms with van der Waals surface area (Å²) in [5, 5.41) is 15.2. The summed E-state index contributed by atoms with van der Waals surface area (Å²) in [6, 6.07) is 0.213. The van der Waals surface area contributed by atoms with E-state index >= 15 is 0 Å². The molecule has 6 heteroatoms. The highest BCUT2D eigenvalue weighted by Crippen LogP contribution is 2.32. The number of oxime groups is 1. The first kappa shape index (κ1) is 15.1. The van der Waals surface area contributed by atoms with Gasteiger partial charge in [-0.25, -0.2) is 0 Å². The van der Waals surface area contributed by atoms with Gasteiger partial charge in [0.2, 0.25) is 5.91 Å². The second kappa shape index (κ2) is 6.43. The average molecular weight is 283 g/mol. The Bertz CT molecular complexity index is 370. The second-order valence-electron chi connectivity index (χ2n) is 6.11. The molecule has 2 fully saturated rings. The number of amidine groups is 1. The Balaban J connectivity index is 2.03. The molecule has 0 radical (unpaired) electrons. The molecular formula is C14H25N3O3. The Morgan fingerprint density at radius 1 is 1.30 bits per heavy atom. The van der Waals surface area contributed by atoms with Gasteiger partial charge in [0.1, 0.15) is 5.41 Å². The Morgan fingerprint density at radius 3 is 2.45 bits per heavy atom. The highest BCUT2D eigenvalue weighted by atomic mass is 16.5. The molecule has 2 aliphatic rings. The molecule has 0 aromatic rings. The number of nitrogens with one attached hydrogen (secondary N) is 1. The van der Waals surface area contributed by atoms with Crippen LogP contribution in [0.1, 0.15) is 45.4 Å². The number of carbonyl (C=O) groups is 1. The molecule has 4 N–H and O–H groups in total. The van der Waals surface area contributed by atoms with E-state index in [2.05, 4.69) is 17.4 Å². The number of hydrogen-bond acceptors (Lipinski definition) is 4. The highest BCUT2D eigenvalue weighted by Gasteiger charge is 2.45. The molecule has 0 aromatic heterocycles. The van der Waals surface area contributed by atoms with E-state index in [9.17, 15) is 4.79 Å². The zero-order valence-electron chi connectivity index (χ0n) is 12.1. The summed E-state index contributed by atoms with van der Waals surface area (Å²) in [5.41, 5.74) is 4.89. The summed E-state index contributed by atoms with van der Waals surface area (Å²) in [6.07, 6.45) is 5.25. The third kappa shape index (κ3) is 3.06. The molecule has 2 rings (SSSR count). The molecule has 0 unspecified atom stereocenters. The van der Waals surface area contributed by atoms with Crippen LogP contribution in [0.4, 0.5) is 0 Å². The summed E-state index contributed by atoms with van der Waals surface area (Å²) >= 11 is 0. The Kier molecular flexibility index (Phi) is 4.86. The fourth-order valence-electron chi connectivity index (χ4n) is 3.14. The van der Waals surface area contributed by atoms with Crippen LogP contribution in [0.3, 0.4) is 0 Å². The summed E-state index contributed by atoms with van der Waals surface area (Å²) in [5.74, 6) is 0.627. The molecule has 20 heavy (non-hydrogen) atoms. The quantitative estimate of drug-likeness (QED) is 0.314. The number of nitrogens with two attached hydrogens (primary N) is 1. The van der Waals surface area contributed by atoms with Crippen LogP contribution in [0.15, 0.2) is 5.16 Å². The van der Waals surface area contributed by atoms with Gasteiger partial charge in [-0.15, -0.1) is 0 Å². The lowest BCUT2D eigenvalue weighted by molar-refractivity contribution is -0.132. The van der Waals surface area contributed by atoms with E-state index < -0.39 is 5.41 Å². The van der Waals surface area contributed by atoms with E-state index in [0.717, 1.165) is 31.6 Å². The van der Waals surface area contributed by atoms with Gasteiger partial charge in [-0.1, -0.05) is 12.1 Å². The molecule has 0 bridgehead atoms. The van der Waals surface area contributed by atoms with Crippen molar-refractivity contribution in [1.29, 1.82) is 0 Å². The summed E-state index contributed by atoms with van der Waals surface area (Å²) in [7, 11) is 0. The summed E-state index contributed by atoms with van der Waals surface area (Å²) < 4.78 is 5.30. The Morgan fingerprint density at radius 2 is 1.90 bits per heavy atom. The fraction of sp³-hybridized carbons (Fsp3) is 0.857. The van der Waals surface area contributed by atoms with Gasteiger partial charge in [-0.3, -0.25) is 4.79 Å². The number of carbonyl (C=O) groups excluding carboxylic acids is 1. The van der Waals surface area contributed by atoms with Crippen LogP contribution in [-0.4, -0.2) is 36.2 Å². The first-order valence-corrected chi connectivity index (χ1v) is 7.45. The largest absolute Gasteiger partial charge is 0.409 e. The molecular weight excluding hydrogens is 258 g/mol. The topological polar surface area (TPSA) is 96.9 Å². The van der Waals surface area contributed by atoms with Crippen molar-refractivity contribution in [3.63, 3.8) is 0 Å². The van der Waals surface area contributed by atoms with Crippen LogP contribution in [-0.2, 0) is 9.53 Å². The minimum Gasteiger partial charge on any atom is -0.409 e. The van der Waals surface area contributed by atoms with E-state index in [0.29, 0.717) is 26.1 Å². The Labute approximate surface area is 119 Å². The standard InChI is InChI=1S/C14H25N3O3/c1-10-2-4-11(5-3-10)16-13(18)14(12(15)17-19)6-8-20-9-7-14/h10-11,19H,2-9H2,1H3,(H2,15,17)(H,16,18). The summed E-state index contributed by atoms with van der Waals surface area (Å²) in [4.78, 5) is 12.6. The Hall–Kier alpha value is -1.30. The monoisotopic (exact) mass is 283 g/mol. The van der Waals surface area contributed by atoms with E-state index in [4.69, 9.17) is 15.7 Å². The lowest BCUT2D eigenvalue weighted by Gasteiger charge is -2.36. The first-order valence-electron chi connectivity index (χ1n) is 7.45. The van der Waals surface area contributed by atoms with Crippen molar-refractivity contribution >= 4 is 11.7 Å². The maximum atomic E-state index is 12.6. The van der Waals surface area contributed by atoms with E-state index in [1.54, 1.807) is 0 Å². The third-order valence-corrected chi connectivity index (χ3v) is 4.73. The molecule has 1 aliphatic carbocycles. The predicted octanol–water partition coefficient (Wildman–Crippen LogP) is 1.22. The van der Waals surface area contributed by atoms with E-state index in [1.165, 1.54) is 0 Å². The molecule has 0 aromatic carbocycles. The van der Waals surface area contributed by atoms with Crippen LogP contribution in [0.2, 0.25) is 0 Å². The van der Waals surface area contributed by atoms with Crippen LogP contribution < -0.4 is 11.1 Å². The lowest BCUT2D eigenvalue weighted by Crippen LogP contribution is -2.55. The highest BCUT2D eigenvalue weighted by molar-refractivity contribution is 6.06. The maximum Gasteiger partial charge on any atom is 0.234 e. The van der Waals surface area contributed by atoms with Gasteiger partial charge < -0.3 is 21.0 Å². The summed E-state index contributed by atoms with van der Waals surface area (Å²) in [6.45, 7) is 3.17. The first-order chi connectivity index (χ1) is 9.58. The minimum absolute atomic E-state index is 0.00229. The van der Waals surface area contributed by atoms with Crippen LogP contribution >= 0.6 is 0 Å². The molecule has 1 aliphatic heterocycles. The number of amides is 1. The van der Waals surface area contributed by atoms with Crippen molar-refractivity contribution in [2.24, 2.45) is 22.2 Å². The third-order valence-electron chi connectivity index (χ3n) is 4.73. The molecule has 6 nitrogen and oxygen atoms in total. The van der Waals surface area contributed by atoms with Gasteiger partial charge in [0.25, 0.3) is 0 Å². The fourth-order valence-corrected chi connectivity index (χ4v) is 3.14. The van der Waals surface area contributed by atoms with Crippen LogP contribution in [0.5, 0.6) is 0 Å². The van der Waals surface area contributed by atoms with Gasteiger partial charge in [0, 0.05) is 19.3 Å². The second-order valence-corrected chi connectivity index (χ2v) is 6.11. The number of rotatable bonds is 3. The molecule has 1 heterocycles. The van der Waals surface area contributed by atoms with Gasteiger partial charge >= 0.3 is 0 Å². The van der Waals surface area contributed by atoms with E-state index in [1.807, 2.05) is 0 Å².